The van der Waals surface area contributed by atoms with Crippen LogP contribution in [-0.4, -0.2) is 25.2 Å². The van der Waals surface area contributed by atoms with Gasteiger partial charge in [-0.3, -0.25) is 10.1 Å². The van der Waals surface area contributed by atoms with Gasteiger partial charge in [-0.25, -0.2) is 0 Å². The second kappa shape index (κ2) is 5.19. The number of carbonyl (C=O) groups excluding carboxylic acids is 1. The third-order valence-electron chi connectivity index (χ3n) is 2.73. The Labute approximate surface area is 94.5 Å². The molecule has 94 valence electrons. The van der Waals surface area contributed by atoms with Gasteiger partial charge in [0.2, 0.25) is 0 Å². The molecule has 1 fully saturated rings. The molecule has 0 bridgehead atoms. The molecule has 1 saturated heterocycles. The minimum atomic E-state index is -2.84. The van der Waals surface area contributed by atoms with Crippen LogP contribution in [0.1, 0.15) is 33.6 Å². The van der Waals surface area contributed by atoms with Gasteiger partial charge in [-0.15, -0.1) is 0 Å². The number of ketones is 1. The molecule has 2 atom stereocenters. The van der Waals surface area contributed by atoms with Crippen LogP contribution >= 0.6 is 0 Å². The highest BCUT2D eigenvalue weighted by atomic mass is 19.3. The highest BCUT2D eigenvalue weighted by Gasteiger charge is 2.38. The Morgan fingerprint density at radius 2 is 2.06 bits per heavy atom. The van der Waals surface area contributed by atoms with Gasteiger partial charge in [0.15, 0.2) is 0 Å². The maximum absolute atomic E-state index is 12.2. The smallest absolute Gasteiger partial charge is 0.303 e. The molecule has 0 aromatic rings. The van der Waals surface area contributed by atoms with Crippen molar-refractivity contribution >= 4 is 5.78 Å². The second-order valence-corrected chi connectivity index (χ2v) is 5.13. The first kappa shape index (κ1) is 13.5. The van der Waals surface area contributed by atoms with E-state index in [9.17, 15) is 13.6 Å². The van der Waals surface area contributed by atoms with Crippen molar-refractivity contribution < 1.29 is 18.3 Å². The van der Waals surface area contributed by atoms with Crippen LogP contribution in [0.5, 0.6) is 0 Å². The van der Waals surface area contributed by atoms with Crippen LogP contribution in [0.15, 0.2) is 0 Å². The Kier molecular flexibility index (Phi) is 4.38. The van der Waals surface area contributed by atoms with Crippen molar-refractivity contribution in [3.05, 3.63) is 0 Å². The van der Waals surface area contributed by atoms with Gasteiger partial charge in [0.25, 0.3) is 0 Å². The minimum Gasteiger partial charge on any atom is -0.303 e. The van der Waals surface area contributed by atoms with Gasteiger partial charge in [-0.1, -0.05) is 20.8 Å². The lowest BCUT2D eigenvalue weighted by atomic mass is 9.79. The number of hydrogen-bond donors (Lipinski definition) is 1. The van der Waals surface area contributed by atoms with E-state index >= 15 is 0 Å². The first-order chi connectivity index (χ1) is 7.32. The number of alkyl halides is 2. The van der Waals surface area contributed by atoms with Crippen LogP contribution in [0.4, 0.5) is 8.78 Å². The summed E-state index contributed by atoms with van der Waals surface area (Å²) in [7, 11) is 0. The molecule has 1 aliphatic rings. The van der Waals surface area contributed by atoms with Crippen LogP contribution in [-0.2, 0) is 9.53 Å². The highest BCUT2D eigenvalue weighted by Crippen LogP contribution is 2.28. The molecule has 2 unspecified atom stereocenters. The summed E-state index contributed by atoms with van der Waals surface area (Å²) in [5, 5.41) is 2.83. The van der Waals surface area contributed by atoms with Gasteiger partial charge >= 0.3 is 6.61 Å². The summed E-state index contributed by atoms with van der Waals surface area (Å²) >= 11 is 0. The standard InChI is InChI=1S/C11H19F2NO2/c1-11(2,3)8(15)7-5-4-6-14-9(7)16-10(12)13/h7,9-10,14H,4-6H2,1-3H3. The monoisotopic (exact) mass is 235 g/mol. The van der Waals surface area contributed by atoms with Crippen molar-refractivity contribution in [2.75, 3.05) is 6.54 Å². The summed E-state index contributed by atoms with van der Waals surface area (Å²) in [5.74, 6) is -0.492. The predicted octanol–water partition coefficient (Wildman–Crippen LogP) is 2.17. The molecular formula is C11H19F2NO2. The predicted molar refractivity (Wildman–Crippen MR) is 56.1 cm³/mol. The zero-order valence-corrected chi connectivity index (χ0v) is 9.93. The quantitative estimate of drug-likeness (QED) is 0.814. The third kappa shape index (κ3) is 3.49. The Bertz CT molecular complexity index is 251. The van der Waals surface area contributed by atoms with E-state index in [2.05, 4.69) is 10.1 Å². The van der Waals surface area contributed by atoms with E-state index in [1.54, 1.807) is 20.8 Å². The molecule has 1 rings (SSSR count). The summed E-state index contributed by atoms with van der Waals surface area (Å²) < 4.78 is 28.8. The lowest BCUT2D eigenvalue weighted by Gasteiger charge is -2.34. The summed E-state index contributed by atoms with van der Waals surface area (Å²) in [6.45, 7) is 3.16. The van der Waals surface area contributed by atoms with Gasteiger partial charge in [0.1, 0.15) is 12.0 Å². The van der Waals surface area contributed by atoms with Crippen LogP contribution in [0.25, 0.3) is 0 Å². The first-order valence-electron chi connectivity index (χ1n) is 5.53. The van der Waals surface area contributed by atoms with Crippen molar-refractivity contribution in [1.82, 2.24) is 5.32 Å². The highest BCUT2D eigenvalue weighted by molar-refractivity contribution is 5.86. The molecule has 0 radical (unpaired) electrons. The molecule has 0 spiro atoms. The van der Waals surface area contributed by atoms with Crippen molar-refractivity contribution in [2.24, 2.45) is 11.3 Å². The van der Waals surface area contributed by atoms with Gasteiger partial charge in [-0.05, 0) is 19.4 Å². The fourth-order valence-electron chi connectivity index (χ4n) is 1.94. The maximum atomic E-state index is 12.2. The molecule has 0 aromatic carbocycles. The number of piperidine rings is 1. The summed E-state index contributed by atoms with van der Waals surface area (Å²) in [6.07, 6.45) is 0.580. The van der Waals surface area contributed by atoms with Crippen molar-refractivity contribution in [2.45, 2.75) is 46.5 Å². The van der Waals surface area contributed by atoms with Gasteiger partial charge in [-0.2, -0.15) is 8.78 Å². The number of Topliss-reactive ketones (excluding diaryl/α,β-unsaturated/α-hetero) is 1. The molecule has 5 heteroatoms. The largest absolute Gasteiger partial charge is 0.346 e. The SMILES string of the molecule is CC(C)(C)C(=O)C1CCCNC1OC(F)F. The van der Waals surface area contributed by atoms with E-state index in [1.807, 2.05) is 0 Å². The number of nitrogens with one attached hydrogen (secondary N) is 1. The fraction of sp³-hybridized carbons (Fsp3) is 0.909. The van der Waals surface area contributed by atoms with Crippen LogP contribution in [0, 0.1) is 11.3 Å². The molecular weight excluding hydrogens is 216 g/mol. The van der Waals surface area contributed by atoms with E-state index in [0.717, 1.165) is 6.42 Å². The Morgan fingerprint density at radius 1 is 1.44 bits per heavy atom. The average Bonchev–Trinajstić information content (AvgIpc) is 2.15. The van der Waals surface area contributed by atoms with E-state index in [-0.39, 0.29) is 5.78 Å². The van der Waals surface area contributed by atoms with Crippen molar-refractivity contribution in [3.63, 3.8) is 0 Å². The zero-order chi connectivity index (χ0) is 12.3. The molecule has 1 N–H and O–H groups in total. The molecule has 16 heavy (non-hydrogen) atoms. The summed E-state index contributed by atoms with van der Waals surface area (Å²) in [5.41, 5.74) is -0.520. The fourth-order valence-corrected chi connectivity index (χ4v) is 1.94. The number of halogens is 2. The molecule has 3 nitrogen and oxygen atoms in total. The Hall–Kier alpha value is -0.550. The summed E-state index contributed by atoms with van der Waals surface area (Å²) in [6, 6.07) is 0. The first-order valence-corrected chi connectivity index (χ1v) is 5.53. The lowest BCUT2D eigenvalue weighted by molar-refractivity contribution is -0.193. The molecule has 0 saturated carbocycles. The van der Waals surface area contributed by atoms with Gasteiger partial charge in [0.05, 0.1) is 5.92 Å². The summed E-state index contributed by atoms with van der Waals surface area (Å²) in [4.78, 5) is 12.0. The zero-order valence-electron chi connectivity index (χ0n) is 9.93. The number of hydrogen-bond acceptors (Lipinski definition) is 3. The molecule has 1 heterocycles. The Balaban J connectivity index is 2.70. The van der Waals surface area contributed by atoms with E-state index in [0.29, 0.717) is 13.0 Å². The number of rotatable bonds is 3. The average molecular weight is 235 g/mol. The molecule has 0 aliphatic carbocycles. The molecule has 1 aliphatic heterocycles. The van der Waals surface area contributed by atoms with Crippen LogP contribution in [0.3, 0.4) is 0 Å². The number of ether oxygens (including phenoxy) is 1. The molecule has 0 amide bonds. The number of carbonyl (C=O) groups is 1. The second-order valence-electron chi connectivity index (χ2n) is 5.13. The van der Waals surface area contributed by atoms with E-state index in [4.69, 9.17) is 0 Å². The van der Waals surface area contributed by atoms with Crippen LogP contribution < -0.4 is 5.32 Å². The van der Waals surface area contributed by atoms with E-state index in [1.165, 1.54) is 0 Å². The third-order valence-corrected chi connectivity index (χ3v) is 2.73. The van der Waals surface area contributed by atoms with E-state index < -0.39 is 24.2 Å². The topological polar surface area (TPSA) is 38.3 Å². The van der Waals surface area contributed by atoms with Gasteiger partial charge < -0.3 is 4.74 Å². The van der Waals surface area contributed by atoms with Crippen molar-refractivity contribution in [3.8, 4) is 0 Å². The lowest BCUT2D eigenvalue weighted by Crippen LogP contribution is -2.49. The molecule has 0 aromatic heterocycles. The Morgan fingerprint density at radius 3 is 2.56 bits per heavy atom. The minimum absolute atomic E-state index is 0.0228. The van der Waals surface area contributed by atoms with Crippen LogP contribution in [0.2, 0.25) is 0 Å². The maximum Gasteiger partial charge on any atom is 0.346 e. The van der Waals surface area contributed by atoms with Crippen molar-refractivity contribution in [1.29, 1.82) is 0 Å². The normalized spacial score (nSPS) is 27.1. The van der Waals surface area contributed by atoms with Gasteiger partial charge in [0, 0.05) is 5.41 Å².